The number of carbonyl (C=O) groups is 1. The first-order valence-electron chi connectivity index (χ1n) is 14.8. The van der Waals surface area contributed by atoms with Gasteiger partial charge in [-0.05, 0) is 61.8 Å². The zero-order chi connectivity index (χ0) is 33.1. The number of carbonyl (C=O) groups excluding carboxylic acids is 1. The van der Waals surface area contributed by atoms with E-state index in [1.807, 2.05) is 18.0 Å². The Hall–Kier alpha value is -2.00. The van der Waals surface area contributed by atoms with Gasteiger partial charge in [0.25, 0.3) is 10.2 Å². The second-order valence-electron chi connectivity index (χ2n) is 11.9. The van der Waals surface area contributed by atoms with Crippen LogP contribution in [0, 0.1) is 5.82 Å². The van der Waals surface area contributed by atoms with Gasteiger partial charge in [-0.15, -0.1) is 0 Å². The fraction of sp³-hybridized carbons (Fsp3) is 0.567. The average Bonchev–Trinajstić information content (AvgIpc) is 3.42. The summed E-state index contributed by atoms with van der Waals surface area (Å²) < 4.78 is 80.8. The molecule has 0 radical (unpaired) electrons. The highest BCUT2D eigenvalue weighted by Gasteiger charge is 2.39. The summed E-state index contributed by atoms with van der Waals surface area (Å²) in [7, 11) is 1.43. The van der Waals surface area contributed by atoms with Crippen molar-refractivity contribution in [3.05, 3.63) is 69.0 Å². The molecule has 15 heteroatoms. The van der Waals surface area contributed by atoms with Gasteiger partial charge in [0.15, 0.2) is 0 Å². The molecule has 2 saturated heterocycles. The summed E-state index contributed by atoms with van der Waals surface area (Å²) in [6.45, 7) is 3.90. The molecule has 0 bridgehead atoms. The fourth-order valence-electron chi connectivity index (χ4n) is 5.98. The first kappa shape index (κ1) is 35.8. The van der Waals surface area contributed by atoms with Crippen molar-refractivity contribution >= 4 is 39.3 Å². The van der Waals surface area contributed by atoms with Gasteiger partial charge in [-0.3, -0.25) is 9.69 Å². The van der Waals surface area contributed by atoms with E-state index in [-0.39, 0.29) is 24.4 Å². The Bertz CT molecular complexity index is 1460. The number of rotatable bonds is 11. The molecular formula is C30H39Cl2F4N5O3S. The summed E-state index contributed by atoms with van der Waals surface area (Å²) in [4.78, 5) is 19.3. The van der Waals surface area contributed by atoms with Crippen LogP contribution in [-0.2, 0) is 27.7 Å². The highest BCUT2D eigenvalue weighted by Crippen LogP contribution is 2.36. The van der Waals surface area contributed by atoms with Crippen LogP contribution in [0.3, 0.4) is 0 Å². The van der Waals surface area contributed by atoms with Gasteiger partial charge >= 0.3 is 6.18 Å². The zero-order valence-electron chi connectivity index (χ0n) is 25.5. The molecule has 2 aliphatic rings. The van der Waals surface area contributed by atoms with E-state index in [1.54, 1.807) is 17.0 Å². The second kappa shape index (κ2) is 14.8. The first-order valence-corrected chi connectivity index (χ1v) is 16.9. The molecule has 2 atom stereocenters. The van der Waals surface area contributed by atoms with E-state index in [2.05, 4.69) is 4.90 Å². The van der Waals surface area contributed by atoms with Crippen molar-refractivity contribution in [2.24, 2.45) is 0 Å². The highest BCUT2D eigenvalue weighted by atomic mass is 35.5. The first-order chi connectivity index (χ1) is 21.1. The third-order valence-corrected chi connectivity index (χ3v) is 11.3. The number of alkyl halides is 3. The van der Waals surface area contributed by atoms with E-state index in [0.29, 0.717) is 67.7 Å². The van der Waals surface area contributed by atoms with E-state index in [9.17, 15) is 30.8 Å². The van der Waals surface area contributed by atoms with Crippen LogP contribution in [-0.4, -0.2) is 111 Å². The summed E-state index contributed by atoms with van der Waals surface area (Å²) in [6, 6.07) is 8.06. The number of likely N-dealkylation sites (N-methyl/N-ethyl adjacent to an activating group) is 1. The number of likely N-dealkylation sites (tertiary alicyclic amines) is 1. The minimum absolute atomic E-state index is 0.00145. The summed E-state index contributed by atoms with van der Waals surface area (Å²) in [5, 5.41) is 0.780. The van der Waals surface area contributed by atoms with E-state index in [1.165, 1.54) is 28.8 Å². The molecule has 0 aliphatic carbocycles. The number of benzene rings is 2. The maximum Gasteiger partial charge on any atom is 0.419 e. The Morgan fingerprint density at radius 2 is 1.64 bits per heavy atom. The molecular weight excluding hydrogens is 657 g/mol. The fourth-order valence-corrected chi connectivity index (χ4v) is 7.38. The Balaban J connectivity index is 1.35. The number of hydrogen-bond acceptors (Lipinski definition) is 5. The van der Waals surface area contributed by atoms with Gasteiger partial charge < -0.3 is 9.80 Å². The molecule has 0 N–H and O–H groups in total. The molecule has 0 saturated carbocycles. The predicted molar refractivity (Wildman–Crippen MR) is 167 cm³/mol. The van der Waals surface area contributed by atoms with Gasteiger partial charge in [0, 0.05) is 78.3 Å². The number of halogens is 6. The van der Waals surface area contributed by atoms with Crippen molar-refractivity contribution < 1.29 is 30.8 Å². The van der Waals surface area contributed by atoms with Crippen molar-refractivity contribution in [3.8, 4) is 0 Å². The third-order valence-electron chi connectivity index (χ3n) is 8.58. The molecule has 1 amide bonds. The van der Waals surface area contributed by atoms with E-state index in [0.717, 1.165) is 30.7 Å². The lowest BCUT2D eigenvalue weighted by molar-refractivity contribution is -0.140. The minimum atomic E-state index is -4.77. The second-order valence-corrected chi connectivity index (χ2v) is 14.8. The number of nitrogens with zero attached hydrogens (tertiary/aromatic N) is 5. The zero-order valence-corrected chi connectivity index (χ0v) is 27.9. The molecule has 2 unspecified atom stereocenters. The van der Waals surface area contributed by atoms with Crippen LogP contribution in [0.1, 0.15) is 41.9 Å². The van der Waals surface area contributed by atoms with Crippen LogP contribution in [0.15, 0.2) is 36.4 Å². The van der Waals surface area contributed by atoms with Crippen LogP contribution in [0.5, 0.6) is 0 Å². The lowest BCUT2D eigenvalue weighted by Gasteiger charge is -2.35. The van der Waals surface area contributed by atoms with Crippen molar-refractivity contribution in [1.82, 2.24) is 23.3 Å². The van der Waals surface area contributed by atoms with Gasteiger partial charge in [-0.2, -0.15) is 30.2 Å². The molecule has 2 aromatic rings. The van der Waals surface area contributed by atoms with Crippen LogP contribution in [0.2, 0.25) is 10.0 Å². The summed E-state index contributed by atoms with van der Waals surface area (Å²) in [5.74, 6) is -1.47. The lowest BCUT2D eigenvalue weighted by Crippen LogP contribution is -2.51. The maximum absolute atomic E-state index is 14.3. The van der Waals surface area contributed by atoms with E-state index < -0.39 is 27.8 Å². The lowest BCUT2D eigenvalue weighted by atomic mass is 9.93. The van der Waals surface area contributed by atoms with Gasteiger partial charge in [0.2, 0.25) is 5.91 Å². The quantitative estimate of drug-likeness (QED) is 0.240. The van der Waals surface area contributed by atoms with Crippen molar-refractivity contribution in [1.29, 1.82) is 0 Å². The molecule has 45 heavy (non-hydrogen) atoms. The van der Waals surface area contributed by atoms with Crippen LogP contribution >= 0.6 is 23.2 Å². The Morgan fingerprint density at radius 1 is 0.956 bits per heavy atom. The number of hydrogen-bond donors (Lipinski definition) is 0. The van der Waals surface area contributed by atoms with Crippen LogP contribution < -0.4 is 0 Å². The number of piperazine rings is 1. The largest absolute Gasteiger partial charge is 0.419 e. The summed E-state index contributed by atoms with van der Waals surface area (Å²) in [6.07, 6.45) is -2.96. The van der Waals surface area contributed by atoms with Gasteiger partial charge in [0.05, 0.1) is 15.6 Å². The van der Waals surface area contributed by atoms with Gasteiger partial charge in [-0.25, -0.2) is 4.39 Å². The van der Waals surface area contributed by atoms with Crippen molar-refractivity contribution in [3.63, 3.8) is 0 Å². The number of unbranched alkanes of at least 4 members (excludes halogenated alkanes) is 1. The molecule has 2 heterocycles. The smallest absolute Gasteiger partial charge is 0.340 e. The van der Waals surface area contributed by atoms with E-state index >= 15 is 0 Å². The Labute approximate surface area is 272 Å². The molecule has 250 valence electrons. The molecule has 2 aliphatic heterocycles. The Kier molecular flexibility index (Phi) is 11.8. The minimum Gasteiger partial charge on any atom is -0.340 e. The van der Waals surface area contributed by atoms with E-state index in [4.69, 9.17) is 23.2 Å². The number of amides is 1. The molecule has 2 aromatic carbocycles. The average molecular weight is 697 g/mol. The standard InChI is InChI=1S/C30H39Cl2F4N5O3S/c1-37(2)45(43,44)41-14-12-39(13-15-41)11-5-4-6-29(42)40-19-23(22-8-10-25(31)26(32)17-22)28(20-40)38(3)18-21-7-9-24(27(33)16-21)30(34,35)36/h7-10,16-17,23,28H,4-6,11-15,18-20H2,1-3H3. The summed E-state index contributed by atoms with van der Waals surface area (Å²) >= 11 is 12.5. The maximum atomic E-state index is 14.3. The van der Waals surface area contributed by atoms with Gasteiger partial charge in [0.1, 0.15) is 5.82 Å². The van der Waals surface area contributed by atoms with Crippen molar-refractivity contribution in [2.45, 2.75) is 43.9 Å². The molecule has 4 rings (SSSR count). The molecule has 2 fully saturated rings. The monoisotopic (exact) mass is 695 g/mol. The third kappa shape index (κ3) is 8.88. The van der Waals surface area contributed by atoms with Crippen LogP contribution in [0.25, 0.3) is 0 Å². The SMILES string of the molecule is CN(Cc1ccc(C(F)(F)F)c(F)c1)C1CN(C(=O)CCCCN2CCN(S(=O)(=O)N(C)C)CC2)CC1c1ccc(Cl)c(Cl)c1. The topological polar surface area (TPSA) is 67.4 Å². The molecule has 0 aromatic heterocycles. The molecule has 0 spiro atoms. The van der Waals surface area contributed by atoms with Crippen molar-refractivity contribution in [2.75, 3.05) is 67.0 Å². The molecule has 8 nitrogen and oxygen atoms in total. The summed E-state index contributed by atoms with van der Waals surface area (Å²) in [5.41, 5.74) is -0.0360. The highest BCUT2D eigenvalue weighted by molar-refractivity contribution is 7.86. The normalized spacial score (nSPS) is 20.5. The predicted octanol–water partition coefficient (Wildman–Crippen LogP) is 5.17. The Morgan fingerprint density at radius 3 is 2.24 bits per heavy atom. The van der Waals surface area contributed by atoms with Gasteiger partial charge in [-0.1, -0.05) is 35.3 Å². The van der Waals surface area contributed by atoms with Crippen LogP contribution in [0.4, 0.5) is 17.6 Å².